The van der Waals surface area contributed by atoms with Gasteiger partial charge in [0.1, 0.15) is 5.52 Å². The molecule has 0 saturated heterocycles. The molecule has 41 heavy (non-hydrogen) atoms. The Bertz CT molecular complexity index is 2360. The first-order valence-corrected chi connectivity index (χ1v) is 14.1. The van der Waals surface area contributed by atoms with Crippen LogP contribution in [0.25, 0.3) is 61.2 Å². The van der Waals surface area contributed by atoms with Gasteiger partial charge in [-0.05, 0) is 69.8 Å². The Morgan fingerprint density at radius 3 is 2.24 bits per heavy atom. The van der Waals surface area contributed by atoms with Crippen LogP contribution in [-0.2, 0) is 5.41 Å². The van der Waals surface area contributed by atoms with Gasteiger partial charge in [-0.2, -0.15) is 0 Å². The molecule has 3 nitrogen and oxygen atoms in total. The first kappa shape index (κ1) is 21.4. The van der Waals surface area contributed by atoms with Crippen LogP contribution in [0.2, 0.25) is 0 Å². The first-order chi connectivity index (χ1) is 20.3. The van der Waals surface area contributed by atoms with Gasteiger partial charge in [-0.3, -0.25) is 0 Å². The molecule has 190 valence electrons. The largest absolute Gasteiger partial charge is 0.436 e. The quantitative estimate of drug-likeness (QED) is 0.215. The molecule has 0 fully saturated rings. The normalized spacial score (nSPS) is 16.4. The molecule has 1 aliphatic heterocycles. The van der Waals surface area contributed by atoms with E-state index in [0.29, 0.717) is 5.89 Å². The highest BCUT2D eigenvalue weighted by molar-refractivity contribution is 6.12. The van der Waals surface area contributed by atoms with Crippen LogP contribution in [-0.4, -0.2) is 9.55 Å². The van der Waals surface area contributed by atoms with Crippen LogP contribution >= 0.6 is 0 Å². The third-order valence-corrected chi connectivity index (χ3v) is 9.23. The summed E-state index contributed by atoms with van der Waals surface area (Å²) in [6, 6.07) is 48.3. The Morgan fingerprint density at radius 2 is 1.29 bits per heavy atom. The van der Waals surface area contributed by atoms with Crippen LogP contribution in [0.4, 0.5) is 0 Å². The molecule has 0 amide bonds. The summed E-state index contributed by atoms with van der Waals surface area (Å²) in [6.07, 6.45) is 0. The average Bonchev–Trinajstić information content (AvgIpc) is 3.70. The van der Waals surface area contributed by atoms with E-state index in [-0.39, 0.29) is 0 Å². The Kier molecular flexibility index (Phi) is 3.87. The second-order valence-electron chi connectivity index (χ2n) is 11.1. The number of fused-ring (bicyclic) bond motifs is 13. The van der Waals surface area contributed by atoms with Crippen molar-refractivity contribution in [1.82, 2.24) is 9.55 Å². The maximum Gasteiger partial charge on any atom is 0.227 e. The van der Waals surface area contributed by atoms with E-state index in [2.05, 4.69) is 114 Å². The van der Waals surface area contributed by atoms with E-state index in [1.165, 1.54) is 60.9 Å². The minimum absolute atomic E-state index is 0.438. The highest BCUT2D eigenvalue weighted by Gasteiger charge is 2.50. The van der Waals surface area contributed by atoms with E-state index in [1.54, 1.807) is 0 Å². The third kappa shape index (κ3) is 2.48. The molecule has 1 aliphatic carbocycles. The van der Waals surface area contributed by atoms with Crippen molar-refractivity contribution in [3.63, 3.8) is 0 Å². The summed E-state index contributed by atoms with van der Waals surface area (Å²) in [5.41, 5.74) is 13.8. The molecule has 6 aromatic carbocycles. The predicted octanol–water partition coefficient (Wildman–Crippen LogP) is 9.27. The lowest BCUT2D eigenvalue weighted by Crippen LogP contribution is -2.33. The van der Waals surface area contributed by atoms with Crippen LogP contribution in [0.3, 0.4) is 0 Å². The van der Waals surface area contributed by atoms with Crippen molar-refractivity contribution < 1.29 is 4.42 Å². The van der Waals surface area contributed by atoms with Crippen molar-refractivity contribution >= 4 is 32.9 Å². The number of rotatable bonds is 1. The fourth-order valence-corrected chi connectivity index (χ4v) is 7.70. The summed E-state index contributed by atoms with van der Waals surface area (Å²) in [6.45, 7) is 0. The molecule has 0 N–H and O–H groups in total. The zero-order valence-corrected chi connectivity index (χ0v) is 22.0. The van der Waals surface area contributed by atoms with Crippen LogP contribution in [0.5, 0.6) is 0 Å². The number of nitrogens with zero attached hydrogens (tertiary/aromatic N) is 2. The van der Waals surface area contributed by atoms with E-state index in [0.717, 1.165) is 16.7 Å². The number of benzene rings is 6. The smallest absolute Gasteiger partial charge is 0.227 e. The summed E-state index contributed by atoms with van der Waals surface area (Å²) >= 11 is 0. The van der Waals surface area contributed by atoms with Gasteiger partial charge in [-0.15, -0.1) is 0 Å². The molecule has 0 radical (unpaired) electrons. The van der Waals surface area contributed by atoms with E-state index < -0.39 is 5.41 Å². The van der Waals surface area contributed by atoms with Crippen LogP contribution in [0.1, 0.15) is 22.3 Å². The molecule has 2 aromatic heterocycles. The Balaban J connectivity index is 1.35. The summed E-state index contributed by atoms with van der Waals surface area (Å²) < 4.78 is 8.69. The molecular formula is C38H22N2O. The standard InChI is InChI=1S/C38H22N2O/c1-3-13-28-24(10-1)27-22-23(37-39-32-16-5-8-19-35(32)41-37)20-21-29(27)38(28)30-14-4-7-18-34(30)40-33-17-6-2-11-25(33)26-12-9-15-31(38)36(26)40/h1-22H. The molecular weight excluding hydrogens is 500 g/mol. The Labute approximate surface area is 235 Å². The molecule has 1 atom stereocenters. The second kappa shape index (κ2) is 7.41. The van der Waals surface area contributed by atoms with Crippen LogP contribution in [0.15, 0.2) is 138 Å². The summed E-state index contributed by atoms with van der Waals surface area (Å²) in [5.74, 6) is 0.652. The van der Waals surface area contributed by atoms with Gasteiger partial charge in [0.2, 0.25) is 5.89 Å². The molecule has 1 spiro atoms. The molecule has 10 rings (SSSR count). The molecule has 0 saturated carbocycles. The highest BCUT2D eigenvalue weighted by atomic mass is 16.3. The van der Waals surface area contributed by atoms with Crippen molar-refractivity contribution in [3.8, 4) is 28.3 Å². The Hall–Kier alpha value is -5.41. The van der Waals surface area contributed by atoms with Gasteiger partial charge in [-0.25, -0.2) is 4.98 Å². The zero-order valence-electron chi connectivity index (χ0n) is 22.0. The van der Waals surface area contributed by atoms with E-state index >= 15 is 0 Å². The van der Waals surface area contributed by atoms with Gasteiger partial charge in [0.15, 0.2) is 5.58 Å². The van der Waals surface area contributed by atoms with Gasteiger partial charge in [-0.1, -0.05) is 97.1 Å². The van der Waals surface area contributed by atoms with Gasteiger partial charge in [0, 0.05) is 16.3 Å². The van der Waals surface area contributed by atoms with Crippen molar-refractivity contribution in [2.45, 2.75) is 5.41 Å². The van der Waals surface area contributed by atoms with Gasteiger partial charge < -0.3 is 8.98 Å². The SMILES string of the molecule is c1ccc2c(c1)-c1cc(-c3nc4ccccc4o3)ccc1C21c2ccccc2-n2c3ccccc3c3cccc1c32. The lowest BCUT2D eigenvalue weighted by Gasteiger charge is -2.39. The van der Waals surface area contributed by atoms with Crippen molar-refractivity contribution in [1.29, 1.82) is 0 Å². The maximum atomic E-state index is 6.21. The molecule has 0 bridgehead atoms. The second-order valence-corrected chi connectivity index (χ2v) is 11.1. The number of hydrogen-bond donors (Lipinski definition) is 0. The molecule has 1 unspecified atom stereocenters. The number of hydrogen-bond acceptors (Lipinski definition) is 2. The van der Waals surface area contributed by atoms with Crippen LogP contribution in [0, 0.1) is 0 Å². The van der Waals surface area contributed by atoms with Crippen molar-refractivity contribution in [2.24, 2.45) is 0 Å². The zero-order chi connectivity index (χ0) is 26.7. The van der Waals surface area contributed by atoms with Crippen LogP contribution < -0.4 is 0 Å². The number of oxazole rings is 1. The lowest BCUT2D eigenvalue weighted by atomic mass is 9.65. The summed E-state index contributed by atoms with van der Waals surface area (Å²) in [7, 11) is 0. The minimum Gasteiger partial charge on any atom is -0.436 e. The van der Waals surface area contributed by atoms with Gasteiger partial charge in [0.25, 0.3) is 0 Å². The highest BCUT2D eigenvalue weighted by Crippen LogP contribution is 2.61. The van der Waals surface area contributed by atoms with Gasteiger partial charge in [0.05, 0.1) is 22.1 Å². The van der Waals surface area contributed by atoms with Gasteiger partial charge >= 0.3 is 0 Å². The Morgan fingerprint density at radius 1 is 0.561 bits per heavy atom. The van der Waals surface area contributed by atoms with E-state index in [9.17, 15) is 0 Å². The average molecular weight is 523 g/mol. The lowest BCUT2D eigenvalue weighted by molar-refractivity contribution is 0.620. The monoisotopic (exact) mass is 522 g/mol. The fraction of sp³-hybridized carbons (Fsp3) is 0.0263. The molecule has 8 aromatic rings. The maximum absolute atomic E-state index is 6.21. The number of aromatic nitrogens is 2. The topological polar surface area (TPSA) is 31.0 Å². The minimum atomic E-state index is -0.438. The number of para-hydroxylation sites is 5. The molecule has 2 aliphatic rings. The van der Waals surface area contributed by atoms with Crippen molar-refractivity contribution in [2.75, 3.05) is 0 Å². The predicted molar refractivity (Wildman–Crippen MR) is 165 cm³/mol. The van der Waals surface area contributed by atoms with E-state index in [1.807, 2.05) is 24.3 Å². The van der Waals surface area contributed by atoms with E-state index in [4.69, 9.17) is 9.40 Å². The van der Waals surface area contributed by atoms with Crippen molar-refractivity contribution in [3.05, 3.63) is 156 Å². The summed E-state index contributed by atoms with van der Waals surface area (Å²) in [4.78, 5) is 4.82. The fourth-order valence-electron chi connectivity index (χ4n) is 7.70. The summed E-state index contributed by atoms with van der Waals surface area (Å²) in [5, 5.41) is 2.58. The third-order valence-electron chi connectivity index (χ3n) is 9.23. The molecule has 3 heterocycles. The first-order valence-electron chi connectivity index (χ1n) is 14.1. The molecule has 3 heteroatoms.